The molecule has 6 aromatic rings. The number of ketones is 1. The monoisotopic (exact) mass is 1760 g/mol. The fourth-order valence-corrected chi connectivity index (χ4v) is 15.1. The second kappa shape index (κ2) is 44.2. The first-order valence-electron chi connectivity index (χ1n) is 39.4. The Morgan fingerprint density at radius 2 is 0.843 bits per heavy atom. The van der Waals surface area contributed by atoms with Crippen molar-refractivity contribution in [3.05, 3.63) is 107 Å². The van der Waals surface area contributed by atoms with E-state index in [0.29, 0.717) is 72.9 Å². The average Bonchev–Trinajstić information content (AvgIpc) is 1.66. The van der Waals surface area contributed by atoms with Gasteiger partial charge in [0.15, 0.2) is 11.6 Å². The molecule has 1 atom stereocenters. The molecule has 0 saturated carbocycles. The number of carboxylic acid groups (broad SMARTS) is 4. The fourth-order valence-electron chi connectivity index (χ4n) is 15.1. The smallest absolute Gasteiger partial charge is 0.320 e. The van der Waals surface area contributed by atoms with Gasteiger partial charge in [0.2, 0.25) is 23.5 Å². The van der Waals surface area contributed by atoms with Gasteiger partial charge in [0.25, 0.3) is 11.8 Å². The largest absolute Gasteiger partial charge is 0.508 e. The summed E-state index contributed by atoms with van der Waals surface area (Å²) in [7, 11) is 0. The van der Waals surface area contributed by atoms with E-state index in [9.17, 15) is 84.0 Å². The van der Waals surface area contributed by atoms with Gasteiger partial charge in [-0.3, -0.25) is 71.9 Å². The van der Waals surface area contributed by atoms with Crippen LogP contribution in [-0.2, 0) is 55.9 Å². The molecule has 33 nitrogen and oxygen atoms in total. The minimum atomic E-state index is -1.24. The number of hydrogen-bond acceptors (Lipinski definition) is 23. The minimum absolute atomic E-state index is 0. The van der Waals surface area contributed by atoms with Gasteiger partial charge in [-0.2, -0.15) is 0 Å². The number of Topliss-reactive ketones (excluding diaryl/α,β-unsaturated/α-hetero) is 1. The van der Waals surface area contributed by atoms with Gasteiger partial charge in [0.05, 0.1) is 70.0 Å². The van der Waals surface area contributed by atoms with Gasteiger partial charge < -0.3 is 70.8 Å². The number of benzene rings is 4. The first kappa shape index (κ1) is 91.3. The molecule has 0 bridgehead atoms. The molecule has 2 aromatic heterocycles. The van der Waals surface area contributed by atoms with E-state index in [1.54, 1.807) is 54.7 Å². The number of aliphatic carboxylic acids is 4. The second-order valence-corrected chi connectivity index (χ2v) is 30.3. The Hall–Kier alpha value is -9.22. The number of nitrogens with zero attached hydrogens (tertiary/aromatic N) is 12. The third-order valence-electron chi connectivity index (χ3n) is 21.3. The summed E-state index contributed by atoms with van der Waals surface area (Å²) in [5.41, 5.74) is 5.00. The molecule has 0 unspecified atom stereocenters. The maximum absolute atomic E-state index is 14.1. The van der Waals surface area contributed by atoms with Crippen molar-refractivity contribution < 1.29 is 130 Å². The van der Waals surface area contributed by atoms with E-state index >= 15 is 0 Å². The van der Waals surface area contributed by atoms with Crippen molar-refractivity contribution >= 4 is 53.3 Å². The maximum atomic E-state index is 14.1. The quantitative estimate of drug-likeness (QED) is 0.0197. The zero-order valence-electron chi connectivity index (χ0n) is 66.2. The molecule has 9 rings (SSSR count). The standard InChI is InChI=1S/C81H110N14O19.Lu/c1-7-82-79(109)77-86-84-75(63-42-61(51(3)4)66(97)44-68(63)99)94(77)58-13-9-53(10-14-58)39-55-19-25-92(26-20-55)70(101)23-37-113-49-57(41-60(96)17-18-65(81(111)112)91-35-33-89(47-73(105)106)31-29-88(46-72(103)104)30-32-90(34-36-91)48-74(107)108)50-114-38-24-71(102)93-27-21-56(22-28-93)40-54-11-15-59(16-12-54)95-76(85-87-78(95)80(110)83-8-2)64-43-62(52(5)6)67(98)45-69(64)100;/h9-16,42-45,51-52,55-57,65,97-100H,7-8,17-41,46-50H2,1-6H3,(H,82,109)(H,83,110)(H,103,104)(H,105,106)(H,107,108)(H,111,112);/t65-;/m1./s1. The number of likely N-dealkylation sites (tertiary alicyclic amines) is 2. The van der Waals surface area contributed by atoms with Gasteiger partial charge in [0.1, 0.15) is 34.8 Å². The molecular formula is C81H110LuN14O19. The van der Waals surface area contributed by atoms with Crippen molar-refractivity contribution in [2.75, 3.05) is 138 Å². The van der Waals surface area contributed by atoms with Crippen LogP contribution in [-0.4, -0.2) is 297 Å². The van der Waals surface area contributed by atoms with Crippen LogP contribution in [0.4, 0.5) is 0 Å². The van der Waals surface area contributed by atoms with Crippen molar-refractivity contribution in [2.45, 2.75) is 130 Å². The molecule has 0 aliphatic carbocycles. The molecule has 3 saturated heterocycles. The molecular weight excluding hydrogens is 1650 g/mol. The SMILES string of the molecule is CCNC(=O)c1nnc(-c2cc(C(C)C)c(O)cc2O)n1-c1ccc(CC2CCN(C(=O)CCOCC(COCCC(=O)N3CCC(Cc4ccc(-n5c(C(=O)NCC)nnc5-c5cc(C(C)C)c(O)cc5O)cc4)CC3)CC(=O)CC[C@H](C(=O)O)N3CCN(CC(=O)O)CCN(CC(=O)O)CCN(CC(=O)O)CC3)CC2)cc1.[Lu]. The summed E-state index contributed by atoms with van der Waals surface area (Å²) in [5, 5.41) is 106. The molecule has 3 fully saturated rings. The Balaban J connectivity index is 0.0000165. The fraction of sp³-hybridized carbons (Fsp3) is 0.543. The number of hydrogen-bond donors (Lipinski definition) is 10. The Morgan fingerprint density at radius 1 is 0.478 bits per heavy atom. The van der Waals surface area contributed by atoms with Gasteiger partial charge in [-0.15, -0.1) is 20.4 Å². The molecule has 4 aromatic carbocycles. The zero-order valence-corrected chi connectivity index (χ0v) is 67.9. The van der Waals surface area contributed by atoms with Gasteiger partial charge in [0, 0.05) is 171 Å². The van der Waals surface area contributed by atoms with E-state index in [4.69, 9.17) is 9.47 Å². The molecule has 1 radical (unpaired) electrons. The van der Waals surface area contributed by atoms with Crippen LogP contribution < -0.4 is 10.6 Å². The third kappa shape index (κ3) is 26.1. The van der Waals surface area contributed by atoms with Crippen LogP contribution in [0.15, 0.2) is 72.8 Å². The van der Waals surface area contributed by atoms with Crippen LogP contribution >= 0.6 is 0 Å². The third-order valence-corrected chi connectivity index (χ3v) is 21.3. The molecule has 633 valence electrons. The number of piperidine rings is 2. The van der Waals surface area contributed by atoms with E-state index in [1.165, 1.54) is 12.1 Å². The number of phenolic OH excluding ortho intramolecular Hbond substituents is 4. The summed E-state index contributed by atoms with van der Waals surface area (Å²) in [6.45, 7) is 13.6. The number of aromatic hydroxyl groups is 4. The zero-order chi connectivity index (χ0) is 82.3. The van der Waals surface area contributed by atoms with Crippen LogP contribution in [0.3, 0.4) is 0 Å². The molecule has 34 heteroatoms. The van der Waals surface area contributed by atoms with Gasteiger partial charge in [-0.1, -0.05) is 52.0 Å². The van der Waals surface area contributed by atoms with E-state index in [2.05, 4.69) is 31.0 Å². The second-order valence-electron chi connectivity index (χ2n) is 30.3. The van der Waals surface area contributed by atoms with Crippen LogP contribution in [0.1, 0.15) is 155 Å². The normalized spacial score (nSPS) is 15.8. The van der Waals surface area contributed by atoms with E-state index in [-0.39, 0.29) is 242 Å². The number of rotatable bonds is 37. The molecule has 115 heavy (non-hydrogen) atoms. The number of ether oxygens (including phenoxy) is 2. The topological polar surface area (TPSA) is 439 Å². The number of carboxylic acids is 4. The van der Waals surface area contributed by atoms with Crippen LogP contribution in [0.25, 0.3) is 34.2 Å². The van der Waals surface area contributed by atoms with E-state index in [1.807, 2.05) is 86.0 Å². The first-order chi connectivity index (χ1) is 54.6. The van der Waals surface area contributed by atoms with Crippen molar-refractivity contribution in [2.24, 2.45) is 17.8 Å². The van der Waals surface area contributed by atoms with Gasteiger partial charge in [-0.05, 0) is 141 Å². The van der Waals surface area contributed by atoms with Crippen molar-refractivity contribution in [3.63, 3.8) is 0 Å². The predicted octanol–water partition coefficient (Wildman–Crippen LogP) is 6.11. The molecule has 4 amide bonds. The summed E-state index contributed by atoms with van der Waals surface area (Å²) >= 11 is 0. The summed E-state index contributed by atoms with van der Waals surface area (Å²) in [6.07, 6.45) is 4.07. The Kier molecular flexibility index (Phi) is 35.1. The van der Waals surface area contributed by atoms with E-state index < -0.39 is 60.7 Å². The molecule has 0 spiro atoms. The average molecular weight is 1760 g/mol. The number of carbonyl (C=O) groups is 9. The number of nitrogens with one attached hydrogen (secondary N) is 2. The van der Waals surface area contributed by atoms with E-state index in [0.717, 1.165) is 49.7 Å². The Morgan fingerprint density at radius 3 is 1.18 bits per heavy atom. The van der Waals surface area contributed by atoms with Gasteiger partial charge >= 0.3 is 23.9 Å². The molecule has 3 aliphatic rings. The number of amides is 4. The van der Waals surface area contributed by atoms with Crippen LogP contribution in [0, 0.1) is 54.6 Å². The predicted molar refractivity (Wildman–Crippen MR) is 419 cm³/mol. The first-order valence-corrected chi connectivity index (χ1v) is 39.4. The Bertz CT molecular complexity index is 4050. The number of phenols is 4. The van der Waals surface area contributed by atoms with Crippen molar-refractivity contribution in [1.29, 1.82) is 0 Å². The minimum Gasteiger partial charge on any atom is -0.508 e. The summed E-state index contributed by atoms with van der Waals surface area (Å²) in [5.74, 6) is -6.39. The van der Waals surface area contributed by atoms with Gasteiger partial charge in [-0.25, -0.2) is 0 Å². The summed E-state index contributed by atoms with van der Waals surface area (Å²) in [6, 6.07) is 19.9. The summed E-state index contributed by atoms with van der Waals surface area (Å²) in [4.78, 5) is 127. The molecule has 5 heterocycles. The molecule has 10 N–H and O–H groups in total. The number of aromatic nitrogens is 6. The maximum Gasteiger partial charge on any atom is 0.320 e. The van der Waals surface area contributed by atoms with Crippen molar-refractivity contribution in [1.82, 2.24) is 69.6 Å². The van der Waals surface area contributed by atoms with Crippen LogP contribution in [0.2, 0.25) is 0 Å². The summed E-state index contributed by atoms with van der Waals surface area (Å²) < 4.78 is 15.5. The number of carbonyl (C=O) groups excluding carboxylic acids is 5. The Labute approximate surface area is 698 Å². The van der Waals surface area contributed by atoms with Crippen molar-refractivity contribution in [3.8, 4) is 57.1 Å². The van der Waals surface area contributed by atoms with Crippen LogP contribution in [0.5, 0.6) is 23.0 Å². The molecule has 3 aliphatic heterocycles.